The molecule has 0 radical (unpaired) electrons. The number of carboxylic acid groups (broad SMARTS) is 2. The Morgan fingerprint density at radius 3 is 1.69 bits per heavy atom. The van der Waals surface area contributed by atoms with Gasteiger partial charge in [-0.3, -0.25) is 14.5 Å². The number of nitrogens with zero attached hydrogens (tertiary/aromatic N) is 1. The van der Waals surface area contributed by atoms with Crippen molar-refractivity contribution in [2.45, 2.75) is 13.2 Å². The fourth-order valence-corrected chi connectivity index (χ4v) is 0.668. The summed E-state index contributed by atoms with van der Waals surface area (Å²) >= 11 is 0. The first-order valence-corrected chi connectivity index (χ1v) is 3.29. The van der Waals surface area contributed by atoms with E-state index >= 15 is 0 Å². The molecular weight excluding hydrogens is 206 g/mol. The van der Waals surface area contributed by atoms with E-state index in [9.17, 15) is 9.59 Å². The molecule has 0 aliphatic carbocycles. The quantitative estimate of drug-likeness (QED) is 0.361. The molecule has 74 valence electrons. The summed E-state index contributed by atoms with van der Waals surface area (Å²) in [6.07, 6.45) is -1.07. The summed E-state index contributed by atoms with van der Waals surface area (Å²) in [6, 6.07) is 0. The molecule has 6 nitrogen and oxygen atoms in total. The van der Waals surface area contributed by atoms with Crippen LogP contribution < -0.4 is 0 Å². The maximum absolute atomic E-state index is 10.1. The number of aliphatic hydroxyl groups is 1. The van der Waals surface area contributed by atoms with Crippen LogP contribution in [-0.2, 0) is 9.59 Å². The minimum atomic E-state index is -1.17. The van der Waals surface area contributed by atoms with Crippen molar-refractivity contribution in [3.63, 3.8) is 0 Å². The van der Waals surface area contributed by atoms with Crippen molar-refractivity contribution in [1.82, 2.24) is 4.90 Å². The van der Waals surface area contributed by atoms with Gasteiger partial charge in [-0.15, -0.1) is 0 Å². The van der Waals surface area contributed by atoms with E-state index in [4.69, 9.17) is 15.3 Å². The third-order valence-corrected chi connectivity index (χ3v) is 1.21. The maximum atomic E-state index is 10.1. The van der Waals surface area contributed by atoms with Crippen molar-refractivity contribution in [1.29, 1.82) is 0 Å². The second-order valence-corrected chi connectivity index (χ2v) is 2.32. The molecule has 0 bridgehead atoms. The average Bonchev–Trinajstić information content (AvgIpc) is 1.83. The number of aliphatic hydroxyl groups excluding tert-OH is 1. The Morgan fingerprint density at radius 2 is 1.54 bits per heavy atom. The molecule has 0 aromatic carbocycles. The third-order valence-electron chi connectivity index (χ3n) is 1.21. The molecule has 0 aliphatic heterocycles. The van der Waals surface area contributed by atoms with E-state index in [2.05, 4.69) is 0 Å². The minimum absolute atomic E-state index is 0. The molecule has 1 atom stereocenters. The summed E-state index contributed by atoms with van der Waals surface area (Å²) in [4.78, 5) is 21.2. The number of carbonyl (C=O) groups is 2. The zero-order chi connectivity index (χ0) is 9.72. The van der Waals surface area contributed by atoms with E-state index in [-0.39, 0.29) is 37.7 Å². The number of hydrogen-bond donors (Lipinski definition) is 3. The summed E-state index contributed by atoms with van der Waals surface area (Å²) in [6.45, 7) is 0.347. The van der Waals surface area contributed by atoms with Crippen LogP contribution >= 0.6 is 0 Å². The van der Waals surface area contributed by atoms with E-state index in [1.165, 1.54) is 6.92 Å². The zero-order valence-corrected chi connectivity index (χ0v) is 6.60. The zero-order valence-electron chi connectivity index (χ0n) is 6.60. The molecule has 0 fully saturated rings. The van der Waals surface area contributed by atoms with Crippen LogP contribution in [0.3, 0.4) is 0 Å². The van der Waals surface area contributed by atoms with Crippen LogP contribution in [0.2, 0.25) is 0 Å². The van der Waals surface area contributed by atoms with E-state index in [0.29, 0.717) is 0 Å². The van der Waals surface area contributed by atoms with Crippen molar-refractivity contribution in [2.75, 3.05) is 13.1 Å². The number of hydrogen-bond acceptors (Lipinski definition) is 4. The predicted octanol–water partition coefficient (Wildman–Crippen LogP) is -2.12. The second-order valence-electron chi connectivity index (χ2n) is 2.32. The normalized spacial score (nSPS) is 11.9. The average molecular weight is 219 g/mol. The summed E-state index contributed by atoms with van der Waals surface area (Å²) in [5.41, 5.74) is 0. The monoisotopic (exact) mass is 219 g/mol. The van der Waals surface area contributed by atoms with Crippen molar-refractivity contribution in [3.8, 4) is 0 Å². The number of aliphatic carboxylic acids is 2. The van der Waals surface area contributed by atoms with Crippen molar-refractivity contribution >= 4 is 49.7 Å². The van der Waals surface area contributed by atoms with Crippen LogP contribution in [-0.4, -0.2) is 89.2 Å². The van der Waals surface area contributed by atoms with Gasteiger partial charge in [0, 0.05) is 0 Å². The summed E-state index contributed by atoms with van der Waals surface area (Å²) in [5, 5.41) is 25.5. The first-order valence-electron chi connectivity index (χ1n) is 3.29. The topological polar surface area (TPSA) is 98.1 Å². The van der Waals surface area contributed by atoms with Gasteiger partial charge < -0.3 is 15.3 Å². The van der Waals surface area contributed by atoms with Crippen LogP contribution in [0.15, 0.2) is 0 Å². The molecule has 3 N–H and O–H groups in total. The Balaban J connectivity index is 0. The first-order chi connectivity index (χ1) is 5.43. The second kappa shape index (κ2) is 7.52. The van der Waals surface area contributed by atoms with Crippen molar-refractivity contribution in [3.05, 3.63) is 0 Å². The summed E-state index contributed by atoms with van der Waals surface area (Å²) < 4.78 is 0. The van der Waals surface area contributed by atoms with E-state index in [0.717, 1.165) is 4.90 Å². The molecule has 0 amide bonds. The van der Waals surface area contributed by atoms with Crippen LogP contribution in [0.4, 0.5) is 0 Å². The van der Waals surface area contributed by atoms with Crippen LogP contribution in [0.1, 0.15) is 6.92 Å². The molecule has 0 saturated heterocycles. The number of rotatable bonds is 5. The van der Waals surface area contributed by atoms with Gasteiger partial charge in [0.15, 0.2) is 0 Å². The molecule has 13 heavy (non-hydrogen) atoms. The van der Waals surface area contributed by atoms with Crippen LogP contribution in [0.5, 0.6) is 0 Å². The van der Waals surface area contributed by atoms with Gasteiger partial charge in [-0.25, -0.2) is 0 Å². The number of carboxylic acids is 2. The van der Waals surface area contributed by atoms with Gasteiger partial charge in [-0.2, -0.15) is 0 Å². The Kier molecular flexibility index (Phi) is 9.01. The molecule has 0 rings (SSSR count). The van der Waals surface area contributed by atoms with Gasteiger partial charge in [0.05, 0.1) is 13.1 Å². The summed E-state index contributed by atoms with van der Waals surface area (Å²) in [7, 11) is 0. The van der Waals surface area contributed by atoms with Gasteiger partial charge in [-0.05, 0) is 6.92 Å². The molecule has 0 spiro atoms. The predicted molar refractivity (Wildman–Crippen MR) is 47.1 cm³/mol. The first kappa shape index (κ1) is 15.6. The van der Waals surface area contributed by atoms with Crippen LogP contribution in [0, 0.1) is 0 Å². The molecule has 0 aromatic rings. The van der Waals surface area contributed by atoms with Gasteiger partial charge in [0.1, 0.15) is 6.23 Å². The fourth-order valence-electron chi connectivity index (χ4n) is 0.668. The molecule has 0 aliphatic rings. The van der Waals surface area contributed by atoms with Gasteiger partial charge in [0.2, 0.25) is 0 Å². The van der Waals surface area contributed by atoms with E-state index in [1.54, 1.807) is 0 Å². The summed E-state index contributed by atoms with van der Waals surface area (Å²) in [5.74, 6) is -2.34. The Hall–Kier alpha value is 0.120. The molecule has 0 saturated carbocycles. The molecule has 1 unspecified atom stereocenters. The van der Waals surface area contributed by atoms with Gasteiger partial charge in [0.25, 0.3) is 0 Å². The van der Waals surface area contributed by atoms with Crippen LogP contribution in [0.25, 0.3) is 0 Å². The van der Waals surface area contributed by atoms with Gasteiger partial charge in [-0.1, -0.05) is 0 Å². The van der Waals surface area contributed by atoms with E-state index < -0.39 is 31.3 Å². The van der Waals surface area contributed by atoms with Gasteiger partial charge >= 0.3 is 49.7 Å². The molecule has 0 aromatic heterocycles. The van der Waals surface area contributed by atoms with Crippen molar-refractivity contribution < 1.29 is 24.9 Å². The standard InChI is InChI=1S/C6H11NO5.Ca.2H/c1-4(8)7(2-5(9)10)3-6(11)12;;;/h4,8H,2-3H2,1H3,(H,9,10)(H,11,12);;;. The molecule has 0 heterocycles. The Bertz CT molecular complexity index is 168. The fraction of sp³-hybridized carbons (Fsp3) is 0.667. The van der Waals surface area contributed by atoms with Crippen molar-refractivity contribution in [2.24, 2.45) is 0 Å². The van der Waals surface area contributed by atoms with E-state index in [1.807, 2.05) is 0 Å². The molecule has 7 heteroatoms. The third kappa shape index (κ3) is 8.45. The Labute approximate surface area is 105 Å². The Morgan fingerprint density at radius 1 is 1.23 bits per heavy atom. The SMILES string of the molecule is CC(O)N(CC(=O)O)CC(=O)O.[CaH2]. The molecular formula is C6H13CaNO5.